The molecule has 0 atom stereocenters. The Morgan fingerprint density at radius 1 is 1.28 bits per heavy atom. The molecular formula is C10H7ClF3N3S. The van der Waals surface area contributed by atoms with Gasteiger partial charge in [-0.1, -0.05) is 23.4 Å². The molecule has 0 fully saturated rings. The summed E-state index contributed by atoms with van der Waals surface area (Å²) in [6.07, 6.45) is -4.41. The zero-order chi connectivity index (χ0) is 13.2. The van der Waals surface area contributed by atoms with Gasteiger partial charge in [0, 0.05) is 5.75 Å². The Morgan fingerprint density at radius 2 is 2.06 bits per heavy atom. The van der Waals surface area contributed by atoms with Crippen molar-refractivity contribution in [3.05, 3.63) is 28.8 Å². The van der Waals surface area contributed by atoms with Gasteiger partial charge in [-0.2, -0.15) is 13.2 Å². The van der Waals surface area contributed by atoms with Crippen LogP contribution in [0.5, 0.6) is 0 Å². The van der Waals surface area contributed by atoms with Crippen molar-refractivity contribution in [1.82, 2.24) is 0 Å². The van der Waals surface area contributed by atoms with Crippen molar-refractivity contribution in [2.24, 2.45) is 15.2 Å². The van der Waals surface area contributed by atoms with Crippen LogP contribution in [0.15, 0.2) is 33.4 Å². The van der Waals surface area contributed by atoms with Crippen molar-refractivity contribution in [1.29, 1.82) is 0 Å². The number of thioether (sulfide) groups is 1. The summed E-state index contributed by atoms with van der Waals surface area (Å²) in [6, 6.07) is 2.94. The van der Waals surface area contributed by atoms with Crippen LogP contribution in [-0.2, 0) is 6.18 Å². The number of hydrogen-bond acceptors (Lipinski definition) is 4. The highest BCUT2D eigenvalue weighted by Gasteiger charge is 2.30. The summed E-state index contributed by atoms with van der Waals surface area (Å²) in [4.78, 5) is 4.03. The molecule has 2 rings (SSSR count). The Balaban J connectivity index is 2.20. The van der Waals surface area contributed by atoms with Crippen molar-refractivity contribution < 1.29 is 13.2 Å². The smallest absolute Gasteiger partial charge is 0.258 e. The standard InChI is InChI=1S/C10H7ClF3N3S/c11-7-5-6(10(12,13)14)1-2-8(7)16-17-9-15-3-4-18-9/h1-2,5H,3-4H2. The van der Waals surface area contributed by atoms with Crippen LogP contribution in [0, 0.1) is 0 Å². The molecule has 18 heavy (non-hydrogen) atoms. The first-order valence-electron chi connectivity index (χ1n) is 4.92. The van der Waals surface area contributed by atoms with Crippen molar-refractivity contribution in [2.75, 3.05) is 12.3 Å². The summed E-state index contributed by atoms with van der Waals surface area (Å²) in [7, 11) is 0. The van der Waals surface area contributed by atoms with E-state index < -0.39 is 11.7 Å². The highest BCUT2D eigenvalue weighted by Crippen LogP contribution is 2.35. The summed E-state index contributed by atoms with van der Waals surface area (Å²) in [6.45, 7) is 0.680. The molecule has 1 aliphatic rings. The average molecular weight is 294 g/mol. The molecule has 0 N–H and O–H groups in total. The minimum Gasteiger partial charge on any atom is -0.258 e. The Hall–Kier alpha value is -1.08. The van der Waals surface area contributed by atoms with Gasteiger partial charge in [-0.05, 0) is 18.2 Å². The number of amidine groups is 1. The van der Waals surface area contributed by atoms with Gasteiger partial charge in [0.05, 0.1) is 17.1 Å². The largest absolute Gasteiger partial charge is 0.416 e. The van der Waals surface area contributed by atoms with E-state index in [1.165, 1.54) is 17.8 Å². The average Bonchev–Trinajstić information content (AvgIpc) is 2.79. The summed E-state index contributed by atoms with van der Waals surface area (Å²) in [5, 5.41) is 8.04. The lowest BCUT2D eigenvalue weighted by Crippen LogP contribution is -2.04. The molecule has 3 nitrogen and oxygen atoms in total. The quantitative estimate of drug-likeness (QED) is 0.700. The molecule has 1 heterocycles. The van der Waals surface area contributed by atoms with Crippen molar-refractivity contribution in [2.45, 2.75) is 6.18 Å². The molecule has 0 bridgehead atoms. The number of halogens is 4. The first-order chi connectivity index (χ1) is 8.47. The SMILES string of the molecule is FC(F)(F)c1ccc(N=NC2=NCCS2)c(Cl)c1. The van der Waals surface area contributed by atoms with Gasteiger partial charge in [0.25, 0.3) is 0 Å². The number of rotatable bonds is 1. The van der Waals surface area contributed by atoms with Crippen molar-refractivity contribution in [3.63, 3.8) is 0 Å². The zero-order valence-corrected chi connectivity index (χ0v) is 10.5. The van der Waals surface area contributed by atoms with E-state index in [1.54, 1.807) is 0 Å². The Morgan fingerprint density at radius 3 is 2.61 bits per heavy atom. The highest BCUT2D eigenvalue weighted by atomic mass is 35.5. The first-order valence-corrected chi connectivity index (χ1v) is 6.29. The topological polar surface area (TPSA) is 37.1 Å². The molecule has 0 saturated carbocycles. The first kappa shape index (κ1) is 13.4. The molecular weight excluding hydrogens is 287 g/mol. The maximum atomic E-state index is 12.4. The van der Waals surface area contributed by atoms with E-state index in [0.29, 0.717) is 11.7 Å². The third-order valence-corrected chi connectivity index (χ3v) is 3.25. The van der Waals surface area contributed by atoms with Crippen LogP contribution in [0.4, 0.5) is 18.9 Å². The number of hydrogen-bond donors (Lipinski definition) is 0. The predicted molar refractivity (Wildman–Crippen MR) is 65.7 cm³/mol. The van der Waals surface area contributed by atoms with E-state index in [0.717, 1.165) is 17.9 Å². The highest BCUT2D eigenvalue weighted by molar-refractivity contribution is 8.14. The predicted octanol–water partition coefficient (Wildman–Crippen LogP) is 4.55. The third-order valence-electron chi connectivity index (χ3n) is 2.09. The van der Waals surface area contributed by atoms with Gasteiger partial charge in [-0.15, -0.1) is 10.2 Å². The van der Waals surface area contributed by atoms with Gasteiger partial charge in [0.1, 0.15) is 5.69 Å². The lowest BCUT2D eigenvalue weighted by Gasteiger charge is -2.07. The van der Waals surface area contributed by atoms with Gasteiger partial charge in [0.15, 0.2) is 0 Å². The fraction of sp³-hybridized carbons (Fsp3) is 0.300. The second-order valence-corrected chi connectivity index (χ2v) is 4.85. The number of nitrogens with zero attached hydrogens (tertiary/aromatic N) is 3. The molecule has 1 aromatic rings. The normalized spacial score (nSPS) is 16.3. The molecule has 0 spiro atoms. The van der Waals surface area contributed by atoms with Crippen molar-refractivity contribution >= 4 is 34.2 Å². The molecule has 0 amide bonds. The molecule has 1 aliphatic heterocycles. The van der Waals surface area contributed by atoms with Gasteiger partial charge >= 0.3 is 6.18 Å². The zero-order valence-electron chi connectivity index (χ0n) is 8.91. The minimum absolute atomic E-state index is 0.0860. The Labute approximate surface area is 110 Å². The Bertz CT molecular complexity index is 514. The van der Waals surface area contributed by atoms with E-state index in [1.807, 2.05) is 0 Å². The van der Waals surface area contributed by atoms with E-state index in [9.17, 15) is 13.2 Å². The number of aliphatic imine (C=N–C) groups is 1. The van der Waals surface area contributed by atoms with E-state index in [-0.39, 0.29) is 10.7 Å². The van der Waals surface area contributed by atoms with Gasteiger partial charge in [-0.3, -0.25) is 4.99 Å². The minimum atomic E-state index is -4.41. The van der Waals surface area contributed by atoms with Crippen LogP contribution in [0.2, 0.25) is 5.02 Å². The molecule has 96 valence electrons. The van der Waals surface area contributed by atoms with E-state index in [4.69, 9.17) is 11.6 Å². The summed E-state index contributed by atoms with van der Waals surface area (Å²) in [5.74, 6) is 0.842. The van der Waals surface area contributed by atoms with Gasteiger partial charge in [-0.25, -0.2) is 0 Å². The Kier molecular flexibility index (Phi) is 3.91. The molecule has 8 heteroatoms. The van der Waals surface area contributed by atoms with Crippen LogP contribution < -0.4 is 0 Å². The second kappa shape index (κ2) is 5.27. The fourth-order valence-corrected chi connectivity index (χ4v) is 2.11. The summed E-state index contributed by atoms with van der Waals surface area (Å²) in [5.41, 5.74) is -0.612. The van der Waals surface area contributed by atoms with Crippen molar-refractivity contribution in [3.8, 4) is 0 Å². The van der Waals surface area contributed by atoms with Gasteiger partial charge < -0.3 is 0 Å². The molecule has 0 saturated heterocycles. The molecule has 1 aromatic carbocycles. The maximum Gasteiger partial charge on any atom is 0.416 e. The second-order valence-electron chi connectivity index (χ2n) is 3.38. The van der Waals surface area contributed by atoms with Crippen LogP contribution in [-0.4, -0.2) is 17.5 Å². The number of alkyl halides is 3. The van der Waals surface area contributed by atoms with Crippen LogP contribution in [0.3, 0.4) is 0 Å². The maximum absolute atomic E-state index is 12.4. The van der Waals surface area contributed by atoms with Crippen LogP contribution >= 0.6 is 23.4 Å². The monoisotopic (exact) mass is 293 g/mol. The number of azo groups is 1. The molecule has 0 aliphatic carbocycles. The van der Waals surface area contributed by atoms with E-state index in [2.05, 4.69) is 15.2 Å². The molecule has 0 radical (unpaired) electrons. The molecule has 0 aromatic heterocycles. The fourth-order valence-electron chi connectivity index (χ4n) is 1.25. The number of benzene rings is 1. The van der Waals surface area contributed by atoms with E-state index >= 15 is 0 Å². The summed E-state index contributed by atoms with van der Waals surface area (Å²) >= 11 is 7.16. The van der Waals surface area contributed by atoms with Crippen LogP contribution in [0.25, 0.3) is 0 Å². The lowest BCUT2D eigenvalue weighted by molar-refractivity contribution is -0.137. The van der Waals surface area contributed by atoms with Gasteiger partial charge in [0.2, 0.25) is 5.17 Å². The van der Waals surface area contributed by atoms with Crippen LogP contribution in [0.1, 0.15) is 5.56 Å². The third kappa shape index (κ3) is 3.23. The summed E-state index contributed by atoms with van der Waals surface area (Å²) < 4.78 is 37.2. The lowest BCUT2D eigenvalue weighted by atomic mass is 10.2. The molecule has 0 unspecified atom stereocenters.